The van der Waals surface area contributed by atoms with Crippen molar-refractivity contribution in [3.8, 4) is 6.07 Å². The van der Waals surface area contributed by atoms with Crippen molar-refractivity contribution in [2.45, 2.75) is 19.4 Å². The number of ether oxygens (including phenoxy) is 1. The first-order valence-corrected chi connectivity index (χ1v) is 12.0. The van der Waals surface area contributed by atoms with Crippen LogP contribution in [-0.4, -0.2) is 29.9 Å². The van der Waals surface area contributed by atoms with Gasteiger partial charge in [0.2, 0.25) is 5.91 Å². The van der Waals surface area contributed by atoms with Crippen LogP contribution in [0.2, 0.25) is 5.02 Å². The van der Waals surface area contributed by atoms with Gasteiger partial charge < -0.3 is 10.1 Å². The van der Waals surface area contributed by atoms with Crippen LogP contribution in [0.5, 0.6) is 0 Å². The van der Waals surface area contributed by atoms with E-state index in [-0.39, 0.29) is 18.3 Å². The van der Waals surface area contributed by atoms with Crippen molar-refractivity contribution in [3.05, 3.63) is 94.0 Å². The van der Waals surface area contributed by atoms with Crippen molar-refractivity contribution < 1.29 is 14.3 Å². The second-order valence-electron chi connectivity index (χ2n) is 7.56. The molecular weight excluding hydrogens is 470 g/mol. The lowest BCUT2D eigenvalue weighted by Crippen LogP contribution is -2.34. The Labute approximate surface area is 208 Å². The minimum atomic E-state index is -0.771. The van der Waals surface area contributed by atoms with Crippen LogP contribution in [0.25, 0.3) is 0 Å². The number of thioether (sulfide) groups is 1. The van der Waals surface area contributed by atoms with Crippen molar-refractivity contribution >= 4 is 41.0 Å². The van der Waals surface area contributed by atoms with E-state index in [0.29, 0.717) is 27.9 Å². The van der Waals surface area contributed by atoms with Gasteiger partial charge in [0.05, 0.1) is 17.4 Å². The first-order valence-electron chi connectivity index (χ1n) is 10.6. The number of benzene rings is 2. The lowest BCUT2D eigenvalue weighted by atomic mass is 9.77. The second-order valence-corrected chi connectivity index (χ2v) is 8.96. The van der Waals surface area contributed by atoms with Gasteiger partial charge in [-0.1, -0.05) is 78.5 Å². The average Bonchev–Trinajstić information content (AvgIpc) is 2.85. The van der Waals surface area contributed by atoms with E-state index in [9.17, 15) is 14.9 Å². The fraction of sp³-hybridized carbons (Fsp3) is 0.231. The summed E-state index contributed by atoms with van der Waals surface area (Å²) in [6.07, 6.45) is 1.49. The second kappa shape index (κ2) is 12.2. The third-order valence-corrected chi connectivity index (χ3v) is 6.47. The molecule has 1 heterocycles. The van der Waals surface area contributed by atoms with Crippen molar-refractivity contribution in [2.75, 3.05) is 12.4 Å². The van der Waals surface area contributed by atoms with Gasteiger partial charge in [0, 0.05) is 23.2 Å². The fourth-order valence-corrected chi connectivity index (χ4v) is 4.64. The molecule has 0 saturated carbocycles. The number of nitrogens with one attached hydrogen (secondary N) is 1. The zero-order chi connectivity index (χ0) is 24.5. The van der Waals surface area contributed by atoms with E-state index in [1.165, 1.54) is 17.8 Å². The number of allylic oxidation sites excluding steroid dienone is 1. The third-order valence-electron chi connectivity index (χ3n) is 5.22. The van der Waals surface area contributed by atoms with Crippen molar-refractivity contribution in [1.29, 1.82) is 5.26 Å². The van der Waals surface area contributed by atoms with E-state index in [4.69, 9.17) is 16.3 Å². The van der Waals surface area contributed by atoms with E-state index < -0.39 is 17.8 Å². The molecule has 1 amide bonds. The van der Waals surface area contributed by atoms with Gasteiger partial charge in [-0.05, 0) is 30.2 Å². The van der Waals surface area contributed by atoms with Gasteiger partial charge in [-0.2, -0.15) is 5.26 Å². The molecule has 2 aromatic carbocycles. The molecule has 0 bridgehead atoms. The van der Waals surface area contributed by atoms with Gasteiger partial charge in [0.15, 0.2) is 0 Å². The normalized spacial score (nSPS) is 17.4. The summed E-state index contributed by atoms with van der Waals surface area (Å²) in [5, 5.41) is 13.9. The SMILES string of the molecule is C=CCOC(=O)C1C(C)=NC(SCC(=O)NCc2ccccc2)=C(C#N)[C@H]1c1ccc(Cl)cc1. The zero-order valence-electron chi connectivity index (χ0n) is 18.7. The van der Waals surface area contributed by atoms with Crippen LogP contribution < -0.4 is 5.32 Å². The number of rotatable bonds is 9. The first-order chi connectivity index (χ1) is 16.4. The molecule has 174 valence electrons. The Morgan fingerprint density at radius 2 is 1.94 bits per heavy atom. The number of nitriles is 1. The maximum atomic E-state index is 12.9. The highest BCUT2D eigenvalue weighted by Crippen LogP contribution is 2.42. The summed E-state index contributed by atoms with van der Waals surface area (Å²) in [6.45, 7) is 5.78. The summed E-state index contributed by atoms with van der Waals surface area (Å²) in [6, 6.07) is 18.8. The molecule has 0 aromatic heterocycles. The monoisotopic (exact) mass is 493 g/mol. The van der Waals surface area contributed by atoms with E-state index in [1.807, 2.05) is 30.3 Å². The number of hydrogen-bond acceptors (Lipinski definition) is 6. The summed E-state index contributed by atoms with van der Waals surface area (Å²) < 4.78 is 5.31. The van der Waals surface area contributed by atoms with Crippen LogP contribution in [0.4, 0.5) is 0 Å². The number of esters is 1. The summed E-state index contributed by atoms with van der Waals surface area (Å²) in [7, 11) is 0. The highest BCUT2D eigenvalue weighted by Gasteiger charge is 2.40. The summed E-state index contributed by atoms with van der Waals surface area (Å²) in [4.78, 5) is 29.9. The Hall–Kier alpha value is -3.34. The van der Waals surface area contributed by atoms with Crippen LogP contribution in [0.3, 0.4) is 0 Å². The Morgan fingerprint density at radius 1 is 1.24 bits per heavy atom. The van der Waals surface area contributed by atoms with E-state index in [2.05, 4.69) is 23.0 Å². The third kappa shape index (κ3) is 6.37. The van der Waals surface area contributed by atoms with Gasteiger partial charge in [0.25, 0.3) is 0 Å². The number of aliphatic imine (C=N–C) groups is 1. The lowest BCUT2D eigenvalue weighted by Gasteiger charge is -2.30. The standard InChI is InChI=1S/C26H24ClN3O3S/c1-3-13-33-26(32)23-17(2)30-25(21(14-28)24(23)19-9-11-20(27)12-10-19)34-16-22(31)29-15-18-7-5-4-6-8-18/h3-12,23-24H,1,13,15-16H2,2H3,(H,29,31)/t23?,24-/m1/s1. The highest BCUT2D eigenvalue weighted by atomic mass is 35.5. The maximum Gasteiger partial charge on any atom is 0.315 e. The van der Waals surface area contributed by atoms with Gasteiger partial charge in [-0.15, -0.1) is 0 Å². The minimum Gasteiger partial charge on any atom is -0.461 e. The Morgan fingerprint density at radius 3 is 2.59 bits per heavy atom. The van der Waals surface area contributed by atoms with Crippen molar-refractivity contribution in [3.63, 3.8) is 0 Å². The molecule has 1 aliphatic heterocycles. The van der Waals surface area contributed by atoms with E-state index in [0.717, 1.165) is 11.1 Å². The maximum absolute atomic E-state index is 12.9. The van der Waals surface area contributed by atoms with Gasteiger partial charge in [-0.25, -0.2) is 4.99 Å². The summed E-state index contributed by atoms with van der Waals surface area (Å²) >= 11 is 7.23. The molecule has 0 saturated heterocycles. The topological polar surface area (TPSA) is 91.5 Å². The van der Waals surface area contributed by atoms with Gasteiger partial charge in [0.1, 0.15) is 17.6 Å². The van der Waals surface area contributed by atoms with Crippen LogP contribution in [0, 0.1) is 17.2 Å². The molecule has 0 fully saturated rings. The fourth-order valence-electron chi connectivity index (χ4n) is 3.61. The molecule has 2 atom stereocenters. The molecule has 0 spiro atoms. The predicted molar refractivity (Wildman–Crippen MR) is 135 cm³/mol. The van der Waals surface area contributed by atoms with Crippen LogP contribution in [-0.2, 0) is 20.9 Å². The molecule has 1 unspecified atom stereocenters. The van der Waals surface area contributed by atoms with Crippen molar-refractivity contribution in [1.82, 2.24) is 5.32 Å². The lowest BCUT2D eigenvalue weighted by molar-refractivity contribution is -0.145. The molecular formula is C26H24ClN3O3S. The predicted octanol–water partition coefficient (Wildman–Crippen LogP) is 5.03. The number of hydrogen-bond donors (Lipinski definition) is 1. The van der Waals surface area contributed by atoms with E-state index >= 15 is 0 Å². The molecule has 1 N–H and O–H groups in total. The average molecular weight is 494 g/mol. The van der Waals surface area contributed by atoms with Gasteiger partial charge >= 0.3 is 5.97 Å². The van der Waals surface area contributed by atoms with Crippen LogP contribution >= 0.6 is 23.4 Å². The Bertz CT molecular complexity index is 1150. The van der Waals surface area contributed by atoms with Gasteiger partial charge in [-0.3, -0.25) is 9.59 Å². The number of halogens is 1. The molecule has 0 aliphatic carbocycles. The Kier molecular flexibility index (Phi) is 9.08. The molecule has 1 aliphatic rings. The molecule has 6 nitrogen and oxygen atoms in total. The minimum absolute atomic E-state index is 0.0603. The number of carbonyl (C=O) groups excluding carboxylic acids is 2. The van der Waals surface area contributed by atoms with Crippen LogP contribution in [0.15, 0.2) is 82.8 Å². The largest absolute Gasteiger partial charge is 0.461 e. The Balaban J connectivity index is 1.84. The van der Waals surface area contributed by atoms with E-state index in [1.54, 1.807) is 31.2 Å². The number of amides is 1. The number of nitrogens with zero attached hydrogens (tertiary/aromatic N) is 2. The molecule has 8 heteroatoms. The first kappa shape index (κ1) is 25.3. The molecule has 3 rings (SSSR count). The molecule has 0 radical (unpaired) electrons. The zero-order valence-corrected chi connectivity index (χ0v) is 20.2. The molecule has 2 aromatic rings. The summed E-state index contributed by atoms with van der Waals surface area (Å²) in [5.74, 6) is -1.96. The molecule has 34 heavy (non-hydrogen) atoms. The highest BCUT2D eigenvalue weighted by molar-refractivity contribution is 8.03. The smallest absolute Gasteiger partial charge is 0.315 e. The quantitative estimate of drug-likeness (QED) is 0.391. The van der Waals surface area contributed by atoms with Crippen LogP contribution in [0.1, 0.15) is 24.0 Å². The van der Waals surface area contributed by atoms with Crippen molar-refractivity contribution in [2.24, 2.45) is 10.9 Å². The number of carbonyl (C=O) groups is 2. The summed E-state index contributed by atoms with van der Waals surface area (Å²) in [5.41, 5.74) is 2.56.